The highest BCUT2D eigenvalue weighted by Crippen LogP contribution is 2.29. The van der Waals surface area contributed by atoms with Crippen LogP contribution >= 0.6 is 11.6 Å². The Kier molecular flexibility index (Phi) is 8.09. The van der Waals surface area contributed by atoms with E-state index in [0.717, 1.165) is 7.11 Å². The Bertz CT molecular complexity index is 655. The number of carbonyl (C=O) groups is 1. The van der Waals surface area contributed by atoms with Crippen molar-refractivity contribution in [2.24, 2.45) is 5.92 Å². The molecule has 0 fully saturated rings. The van der Waals surface area contributed by atoms with Gasteiger partial charge in [-0.3, -0.25) is 4.79 Å². The first kappa shape index (κ1) is 22.4. The van der Waals surface area contributed by atoms with Gasteiger partial charge in [0, 0.05) is 7.11 Å². The maximum atomic E-state index is 14.0. The van der Waals surface area contributed by atoms with Gasteiger partial charge in [-0.25, -0.2) is 17.6 Å². The molecule has 0 aliphatic heterocycles. The van der Waals surface area contributed by atoms with E-state index in [9.17, 15) is 22.4 Å². The third-order valence-corrected chi connectivity index (χ3v) is 3.89. The number of hydrogen-bond donors (Lipinski definition) is 0. The molecule has 1 rings (SSSR count). The Hall–Kier alpha value is -1.60. The van der Waals surface area contributed by atoms with E-state index in [-0.39, 0.29) is 0 Å². The summed E-state index contributed by atoms with van der Waals surface area (Å²) < 4.78 is 65.3. The molecule has 0 saturated heterocycles. The topological polar surface area (TPSA) is 35.5 Å². The molecule has 1 aromatic carbocycles. The summed E-state index contributed by atoms with van der Waals surface area (Å²) >= 11 is 6.15. The normalized spacial score (nSPS) is 13.3. The predicted molar refractivity (Wildman–Crippen MR) is 89.6 cm³/mol. The minimum absolute atomic E-state index is 0.636. The quantitative estimate of drug-likeness (QED) is 0.203. The van der Waals surface area contributed by atoms with E-state index in [1.54, 1.807) is 19.9 Å². The van der Waals surface area contributed by atoms with Gasteiger partial charge in [-0.1, -0.05) is 19.1 Å². The summed E-state index contributed by atoms with van der Waals surface area (Å²) in [6.07, 6.45) is 3.85. The van der Waals surface area contributed by atoms with E-state index >= 15 is 0 Å². The first-order chi connectivity index (χ1) is 12.1. The van der Waals surface area contributed by atoms with Crippen molar-refractivity contribution < 1.29 is 31.8 Å². The fraction of sp³-hybridized carbons (Fsp3) is 0.500. The van der Waals surface area contributed by atoms with Crippen molar-refractivity contribution in [1.82, 2.24) is 0 Å². The molecule has 0 N–H and O–H groups in total. The molecule has 0 aliphatic carbocycles. The Morgan fingerprint density at radius 3 is 1.92 bits per heavy atom. The summed E-state index contributed by atoms with van der Waals surface area (Å²) in [5.41, 5.74) is -1.89. The fourth-order valence-electron chi connectivity index (χ4n) is 2.21. The largest absolute Gasteiger partial charge is 0.460 e. The van der Waals surface area contributed by atoms with Gasteiger partial charge >= 0.3 is 5.97 Å². The number of benzene rings is 1. The number of halogens is 5. The lowest BCUT2D eigenvalue weighted by Gasteiger charge is -2.24. The van der Waals surface area contributed by atoms with Crippen LogP contribution in [0.3, 0.4) is 0 Å². The molecular formula is C18H21ClF4O3. The first-order valence-corrected chi connectivity index (χ1v) is 8.28. The Morgan fingerprint density at radius 2 is 1.54 bits per heavy atom. The molecular weight excluding hydrogens is 376 g/mol. The lowest BCUT2D eigenvalue weighted by Crippen LogP contribution is -2.32. The molecule has 0 bridgehead atoms. The second-order valence-electron chi connectivity index (χ2n) is 6.13. The van der Waals surface area contributed by atoms with Crippen molar-refractivity contribution in [2.45, 2.75) is 45.3 Å². The number of alkyl halides is 1. The molecule has 8 heteroatoms. The smallest absolute Gasteiger partial charge is 0.314 e. The summed E-state index contributed by atoms with van der Waals surface area (Å²) in [4.78, 5) is 11.2. The minimum atomic E-state index is -1.63. The van der Waals surface area contributed by atoms with Gasteiger partial charge in [-0.15, -0.1) is 11.6 Å². The fourth-order valence-corrected chi connectivity index (χ4v) is 2.38. The summed E-state index contributed by atoms with van der Waals surface area (Å²) in [6, 6.07) is 0. The Balaban J connectivity index is 3.09. The molecule has 0 aliphatic rings. The van der Waals surface area contributed by atoms with Crippen molar-refractivity contribution in [3.8, 4) is 0 Å². The van der Waals surface area contributed by atoms with Gasteiger partial charge in [0.25, 0.3) is 0 Å². The molecule has 1 atom stereocenters. The van der Waals surface area contributed by atoms with E-state index in [1.165, 1.54) is 6.08 Å². The van der Waals surface area contributed by atoms with Crippen LogP contribution in [0.25, 0.3) is 0 Å². The molecule has 1 aromatic rings. The number of allylic oxidation sites excluding steroid dienone is 1. The summed E-state index contributed by atoms with van der Waals surface area (Å²) in [5.74, 6) is -8.20. The van der Waals surface area contributed by atoms with Crippen molar-refractivity contribution >= 4 is 17.6 Å². The van der Waals surface area contributed by atoms with E-state index in [1.807, 2.05) is 6.92 Å². The molecule has 0 amide bonds. The second kappa shape index (κ2) is 9.37. The van der Waals surface area contributed by atoms with Crippen LogP contribution in [0.1, 0.15) is 38.3 Å². The number of hydrogen-bond acceptors (Lipinski definition) is 3. The number of methoxy groups -OCH3 is 1. The van der Waals surface area contributed by atoms with Gasteiger partial charge < -0.3 is 9.47 Å². The monoisotopic (exact) mass is 396 g/mol. The number of ether oxygens (including phenoxy) is 2. The van der Waals surface area contributed by atoms with E-state index in [0.29, 0.717) is 6.42 Å². The highest BCUT2D eigenvalue weighted by Gasteiger charge is 2.33. The zero-order chi connectivity index (χ0) is 20.1. The van der Waals surface area contributed by atoms with Gasteiger partial charge in [0.05, 0.1) is 28.5 Å². The van der Waals surface area contributed by atoms with Gasteiger partial charge in [0.15, 0.2) is 23.3 Å². The maximum Gasteiger partial charge on any atom is 0.314 e. The molecule has 0 spiro atoms. The summed E-state index contributed by atoms with van der Waals surface area (Å²) in [6.45, 7) is 3.37. The van der Waals surface area contributed by atoms with Crippen LogP contribution in [-0.2, 0) is 27.5 Å². The SMILES string of the molecule is CC/C=C/C(C(=O)OCc1c(F)c(F)c(COC)c(F)c1F)C(C)(C)Cl. The van der Waals surface area contributed by atoms with E-state index in [4.69, 9.17) is 16.3 Å². The van der Waals surface area contributed by atoms with Crippen LogP contribution in [0.5, 0.6) is 0 Å². The Labute approximate surface area is 154 Å². The zero-order valence-corrected chi connectivity index (χ0v) is 15.7. The highest BCUT2D eigenvalue weighted by molar-refractivity contribution is 6.25. The number of rotatable bonds is 8. The first-order valence-electron chi connectivity index (χ1n) is 7.91. The maximum absolute atomic E-state index is 14.0. The standard InChI is InChI=1S/C18H21ClF4O3/c1-5-6-7-12(18(2,3)19)17(24)26-9-11-15(22)13(20)10(8-25-4)14(21)16(11)23/h6-7,12H,5,8-9H2,1-4H3/b7-6+. The van der Waals surface area contributed by atoms with Gasteiger partial charge in [-0.05, 0) is 20.3 Å². The van der Waals surface area contributed by atoms with E-state index < -0.39 is 64.4 Å². The Morgan fingerprint density at radius 1 is 1.08 bits per heavy atom. The highest BCUT2D eigenvalue weighted by atomic mass is 35.5. The molecule has 0 aromatic heterocycles. The van der Waals surface area contributed by atoms with Crippen molar-refractivity contribution in [1.29, 1.82) is 0 Å². The van der Waals surface area contributed by atoms with Crippen LogP contribution in [-0.4, -0.2) is 18.0 Å². The average molecular weight is 397 g/mol. The van der Waals surface area contributed by atoms with Crippen LogP contribution in [0.2, 0.25) is 0 Å². The van der Waals surface area contributed by atoms with Crippen molar-refractivity contribution in [3.05, 3.63) is 46.5 Å². The predicted octanol–water partition coefficient (Wildman–Crippen LogP) is 5.03. The van der Waals surface area contributed by atoms with Crippen LogP contribution in [0, 0.1) is 29.2 Å². The molecule has 1 unspecified atom stereocenters. The van der Waals surface area contributed by atoms with Crippen molar-refractivity contribution in [2.75, 3.05) is 7.11 Å². The third-order valence-electron chi connectivity index (χ3n) is 3.65. The molecule has 3 nitrogen and oxygen atoms in total. The van der Waals surface area contributed by atoms with Crippen LogP contribution in [0.4, 0.5) is 17.6 Å². The molecule has 26 heavy (non-hydrogen) atoms. The minimum Gasteiger partial charge on any atom is -0.460 e. The zero-order valence-electron chi connectivity index (χ0n) is 15.0. The van der Waals surface area contributed by atoms with Gasteiger partial charge in [-0.2, -0.15) is 0 Å². The van der Waals surface area contributed by atoms with Gasteiger partial charge in [0.2, 0.25) is 0 Å². The van der Waals surface area contributed by atoms with E-state index in [2.05, 4.69) is 4.74 Å². The van der Waals surface area contributed by atoms with Crippen molar-refractivity contribution in [3.63, 3.8) is 0 Å². The third kappa shape index (κ3) is 5.20. The van der Waals surface area contributed by atoms with Crippen LogP contribution < -0.4 is 0 Å². The number of esters is 1. The average Bonchev–Trinajstić information content (AvgIpc) is 2.56. The van der Waals surface area contributed by atoms with Gasteiger partial charge in [0.1, 0.15) is 6.61 Å². The lowest BCUT2D eigenvalue weighted by molar-refractivity contribution is -0.149. The van der Waals surface area contributed by atoms with Crippen LogP contribution in [0.15, 0.2) is 12.2 Å². The summed E-state index contributed by atoms with van der Waals surface area (Å²) in [5, 5.41) is 0. The number of carbonyl (C=O) groups excluding carboxylic acids is 1. The second-order valence-corrected chi connectivity index (χ2v) is 7.11. The summed E-state index contributed by atoms with van der Waals surface area (Å²) in [7, 11) is 1.13. The molecule has 0 saturated carbocycles. The molecule has 146 valence electrons. The molecule has 0 heterocycles. The lowest BCUT2D eigenvalue weighted by atomic mass is 9.94. The molecule has 0 radical (unpaired) electrons.